The predicted molar refractivity (Wildman–Crippen MR) is 95.1 cm³/mol. The van der Waals surface area contributed by atoms with Crippen molar-refractivity contribution in [2.24, 2.45) is 0 Å². The zero-order valence-electron chi connectivity index (χ0n) is 13.2. The van der Waals surface area contributed by atoms with E-state index in [1.807, 2.05) is 12.3 Å². The van der Waals surface area contributed by atoms with Gasteiger partial charge in [0.2, 0.25) is 0 Å². The lowest BCUT2D eigenvalue weighted by Gasteiger charge is -2.02. The molecule has 3 N–H and O–H groups in total. The van der Waals surface area contributed by atoms with Gasteiger partial charge < -0.3 is 6.15 Å². The molecule has 1 heterocycles. The van der Waals surface area contributed by atoms with Crippen LogP contribution in [0.2, 0.25) is 0 Å². The van der Waals surface area contributed by atoms with E-state index in [9.17, 15) is 0 Å². The van der Waals surface area contributed by atoms with Gasteiger partial charge in [0.1, 0.15) is 0 Å². The highest BCUT2D eigenvalue weighted by Crippen LogP contribution is 2.11. The molecule has 0 saturated heterocycles. The Morgan fingerprint density at radius 3 is 1.85 bits per heavy atom. The fraction of sp³-hybridized carbons (Fsp3) is 0.706. The van der Waals surface area contributed by atoms with Crippen LogP contribution in [0.25, 0.3) is 0 Å². The van der Waals surface area contributed by atoms with Crippen LogP contribution in [0, 0.1) is 0 Å². The number of halogens is 1. The van der Waals surface area contributed by atoms with E-state index < -0.39 is 0 Å². The normalized spacial score (nSPS) is 9.65. The molecule has 0 unspecified atom stereocenters. The maximum atomic E-state index is 4.35. The summed E-state index contributed by atoms with van der Waals surface area (Å²) in [5.74, 6) is 0. The van der Waals surface area contributed by atoms with Gasteiger partial charge in [-0.15, -0.1) is 17.0 Å². The molecule has 1 aromatic rings. The van der Waals surface area contributed by atoms with Crippen molar-refractivity contribution < 1.29 is 0 Å². The van der Waals surface area contributed by atoms with Crippen LogP contribution in [0.1, 0.15) is 76.8 Å². The monoisotopic (exact) mass is 344 g/mol. The van der Waals surface area contributed by atoms with Crippen LogP contribution >= 0.6 is 17.0 Å². The van der Waals surface area contributed by atoms with E-state index >= 15 is 0 Å². The van der Waals surface area contributed by atoms with Crippen LogP contribution in [0.4, 0.5) is 0 Å². The van der Waals surface area contributed by atoms with Crippen molar-refractivity contribution >= 4 is 17.0 Å². The van der Waals surface area contributed by atoms with E-state index in [0.29, 0.717) is 0 Å². The molecule has 0 fully saturated rings. The molecular weight excluding hydrogens is 312 g/mol. The maximum Gasteiger partial charge on any atom is 0.0403 e. The van der Waals surface area contributed by atoms with Crippen LogP contribution in [0.3, 0.4) is 0 Å². The molecule has 0 aliphatic heterocycles. The van der Waals surface area contributed by atoms with Crippen molar-refractivity contribution in [2.75, 3.05) is 0 Å². The van der Waals surface area contributed by atoms with Crippen LogP contribution in [-0.4, -0.2) is 4.98 Å². The van der Waals surface area contributed by atoms with Gasteiger partial charge in [0.05, 0.1) is 0 Å². The number of hydrogen-bond acceptors (Lipinski definition) is 2. The quantitative estimate of drug-likeness (QED) is 0.479. The zero-order chi connectivity index (χ0) is 12.9. The Kier molecular flexibility index (Phi) is 18.2. The van der Waals surface area contributed by atoms with Crippen LogP contribution in [-0.2, 0) is 6.42 Å². The van der Waals surface area contributed by atoms with Gasteiger partial charge in [0.25, 0.3) is 0 Å². The van der Waals surface area contributed by atoms with Gasteiger partial charge in [-0.1, -0.05) is 70.8 Å². The van der Waals surface area contributed by atoms with Crippen molar-refractivity contribution in [3.63, 3.8) is 0 Å². The Morgan fingerprint density at radius 2 is 1.35 bits per heavy atom. The van der Waals surface area contributed by atoms with Gasteiger partial charge in [0.15, 0.2) is 0 Å². The summed E-state index contributed by atoms with van der Waals surface area (Å²) in [4.78, 5) is 4.35. The lowest BCUT2D eigenvalue weighted by molar-refractivity contribution is 0.555. The third-order valence-electron chi connectivity index (χ3n) is 3.51. The highest BCUT2D eigenvalue weighted by Gasteiger charge is 1.94. The molecule has 0 aliphatic rings. The summed E-state index contributed by atoms with van der Waals surface area (Å²) < 4.78 is 0. The first-order chi connectivity index (χ1) is 8.93. The lowest BCUT2D eigenvalue weighted by atomic mass is 10.1. The molecule has 0 radical (unpaired) electrons. The van der Waals surface area contributed by atoms with Crippen molar-refractivity contribution in [1.82, 2.24) is 11.1 Å². The summed E-state index contributed by atoms with van der Waals surface area (Å²) in [5.41, 5.74) is 1.25. The average Bonchev–Trinajstić information content (AvgIpc) is 2.42. The first-order valence-corrected chi connectivity index (χ1v) is 7.83. The Bertz CT molecular complexity index is 278. The molecule has 0 aliphatic carbocycles. The molecule has 0 amide bonds. The number of hydrogen-bond donors (Lipinski definition) is 1. The molecule has 20 heavy (non-hydrogen) atoms. The number of aromatic nitrogens is 1. The van der Waals surface area contributed by atoms with Crippen molar-refractivity contribution in [2.45, 2.75) is 77.6 Å². The molecule has 118 valence electrons. The minimum Gasteiger partial charge on any atom is -0.344 e. The maximum absolute atomic E-state index is 4.35. The summed E-state index contributed by atoms with van der Waals surface area (Å²) in [5, 5.41) is 0. The fourth-order valence-corrected chi connectivity index (χ4v) is 2.34. The summed E-state index contributed by atoms with van der Waals surface area (Å²) in [6.07, 6.45) is 17.1. The summed E-state index contributed by atoms with van der Waals surface area (Å²) in [6, 6.07) is 6.20. The molecule has 0 saturated carbocycles. The summed E-state index contributed by atoms with van der Waals surface area (Å²) in [6.45, 7) is 2.28. The SMILES string of the molecule is Br.CCCCCCCCCCCCc1ccccn1.N. The van der Waals surface area contributed by atoms with E-state index in [4.69, 9.17) is 0 Å². The third-order valence-corrected chi connectivity index (χ3v) is 3.51. The first-order valence-electron chi connectivity index (χ1n) is 7.83. The van der Waals surface area contributed by atoms with E-state index in [0.717, 1.165) is 6.42 Å². The highest BCUT2D eigenvalue weighted by atomic mass is 79.9. The van der Waals surface area contributed by atoms with Gasteiger partial charge in [-0.05, 0) is 25.0 Å². The Balaban J connectivity index is 0. The molecule has 1 rings (SSSR count). The molecule has 1 aromatic heterocycles. The Labute approximate surface area is 136 Å². The van der Waals surface area contributed by atoms with Crippen molar-refractivity contribution in [3.8, 4) is 0 Å². The number of aryl methyl sites for hydroxylation is 1. The smallest absolute Gasteiger partial charge is 0.0403 e. The second kappa shape index (κ2) is 16.6. The van der Waals surface area contributed by atoms with Gasteiger partial charge in [-0.25, -0.2) is 0 Å². The van der Waals surface area contributed by atoms with Gasteiger partial charge in [-0.2, -0.15) is 0 Å². The lowest BCUT2D eigenvalue weighted by Crippen LogP contribution is -1.89. The van der Waals surface area contributed by atoms with E-state index in [2.05, 4.69) is 24.0 Å². The zero-order valence-corrected chi connectivity index (χ0v) is 14.9. The Hall–Kier alpha value is -0.410. The topological polar surface area (TPSA) is 47.9 Å². The molecule has 3 heteroatoms. The van der Waals surface area contributed by atoms with Crippen LogP contribution in [0.15, 0.2) is 24.4 Å². The van der Waals surface area contributed by atoms with Crippen molar-refractivity contribution in [3.05, 3.63) is 30.1 Å². The first kappa shape index (κ1) is 21.9. The minimum atomic E-state index is 0. The van der Waals surface area contributed by atoms with Gasteiger partial charge in [-0.3, -0.25) is 4.98 Å². The minimum absolute atomic E-state index is 0. The largest absolute Gasteiger partial charge is 0.344 e. The van der Waals surface area contributed by atoms with Gasteiger partial charge >= 0.3 is 0 Å². The summed E-state index contributed by atoms with van der Waals surface area (Å²) in [7, 11) is 0. The summed E-state index contributed by atoms with van der Waals surface area (Å²) >= 11 is 0. The number of nitrogens with zero attached hydrogens (tertiary/aromatic N) is 1. The van der Waals surface area contributed by atoms with Crippen LogP contribution < -0.4 is 6.15 Å². The fourth-order valence-electron chi connectivity index (χ4n) is 2.34. The number of rotatable bonds is 11. The molecular formula is C17H33BrN2. The molecule has 0 atom stereocenters. The standard InChI is InChI=1S/C17H29N.BrH.H3N/c1-2-3-4-5-6-7-8-9-10-11-14-17-15-12-13-16-18-17;;/h12-13,15-16H,2-11,14H2,1H3;1H;1H3. The third kappa shape index (κ3) is 12.6. The number of pyridine rings is 1. The second-order valence-corrected chi connectivity index (χ2v) is 5.25. The average molecular weight is 345 g/mol. The van der Waals surface area contributed by atoms with E-state index in [1.54, 1.807) is 0 Å². The van der Waals surface area contributed by atoms with Crippen LogP contribution in [0.5, 0.6) is 0 Å². The Morgan fingerprint density at radius 1 is 0.800 bits per heavy atom. The van der Waals surface area contributed by atoms with E-state index in [1.165, 1.54) is 69.9 Å². The second-order valence-electron chi connectivity index (χ2n) is 5.25. The van der Waals surface area contributed by atoms with Crippen molar-refractivity contribution in [1.29, 1.82) is 0 Å². The molecule has 0 aromatic carbocycles. The predicted octanol–water partition coefficient (Wildman–Crippen LogP) is 6.28. The van der Waals surface area contributed by atoms with E-state index in [-0.39, 0.29) is 23.1 Å². The molecule has 2 nitrogen and oxygen atoms in total. The van der Waals surface area contributed by atoms with Gasteiger partial charge in [0, 0.05) is 11.9 Å². The molecule has 0 spiro atoms. The number of unbranched alkanes of at least 4 members (excludes halogenated alkanes) is 9. The highest BCUT2D eigenvalue weighted by molar-refractivity contribution is 8.93. The molecule has 0 bridgehead atoms.